The lowest BCUT2D eigenvalue weighted by Gasteiger charge is -2.40. The molecule has 248 valence electrons. The van der Waals surface area contributed by atoms with Gasteiger partial charge < -0.3 is 24.0 Å². The van der Waals surface area contributed by atoms with Gasteiger partial charge in [-0.25, -0.2) is 14.6 Å². The number of urea groups is 1. The summed E-state index contributed by atoms with van der Waals surface area (Å²) >= 11 is 12.7. The quantitative estimate of drug-likeness (QED) is 0.258. The predicted octanol–water partition coefficient (Wildman–Crippen LogP) is 6.34. The van der Waals surface area contributed by atoms with Crippen LogP contribution in [0.1, 0.15) is 50.4 Å². The van der Waals surface area contributed by atoms with E-state index in [9.17, 15) is 14.4 Å². The normalized spacial score (nSPS) is 19.4. The second-order valence-corrected chi connectivity index (χ2v) is 12.4. The maximum Gasteiger partial charge on any atom is 0.341 e. The topological polar surface area (TPSA) is 101 Å². The number of methoxy groups -OCH3 is 1. The first-order chi connectivity index (χ1) is 22.5. The number of ether oxygens (including phenoxy) is 3. The molecule has 2 aliphatic rings. The van der Waals surface area contributed by atoms with Crippen molar-refractivity contribution in [3.05, 3.63) is 93.5 Å². The summed E-state index contributed by atoms with van der Waals surface area (Å²) in [5, 5.41) is 0.958. The van der Waals surface area contributed by atoms with Crippen LogP contribution in [0, 0.1) is 0 Å². The number of amides is 3. The molecule has 0 spiro atoms. The third-order valence-corrected chi connectivity index (χ3v) is 8.72. The Balaban J connectivity index is 1.81. The predicted molar refractivity (Wildman–Crippen MR) is 180 cm³/mol. The number of aliphatic imine (C=N–C) groups is 1. The Morgan fingerprint density at radius 3 is 2.06 bits per heavy atom. The Bertz CT molecular complexity index is 1660. The standard InChI is InChI=1S/C35H38Cl2N4O6/c1-6-46-33(43)35(25-9-13-27(37)14-10-25)31(24-7-11-26(36)12-8-24)41(34(44)40-19-17-39(18-20-40)23(4)42)32(38-35)29-16-15-28(45-5)21-30(29)47-22(2)3/h7-16,21-22,31H,6,17-20H2,1-5H3/t31-,35+/m1/s1. The molecule has 1 saturated heterocycles. The fourth-order valence-electron chi connectivity index (χ4n) is 5.99. The van der Waals surface area contributed by atoms with E-state index in [1.165, 1.54) is 6.92 Å². The van der Waals surface area contributed by atoms with Crippen LogP contribution in [-0.2, 0) is 19.9 Å². The molecule has 47 heavy (non-hydrogen) atoms. The molecule has 0 unspecified atom stereocenters. The Morgan fingerprint density at radius 1 is 0.915 bits per heavy atom. The molecular weight excluding hydrogens is 643 g/mol. The molecule has 10 nitrogen and oxygen atoms in total. The summed E-state index contributed by atoms with van der Waals surface area (Å²) < 4.78 is 17.5. The van der Waals surface area contributed by atoms with Gasteiger partial charge in [0.2, 0.25) is 11.4 Å². The van der Waals surface area contributed by atoms with E-state index in [0.717, 1.165) is 0 Å². The first kappa shape index (κ1) is 34.1. The van der Waals surface area contributed by atoms with Gasteiger partial charge in [-0.15, -0.1) is 0 Å². The lowest BCUT2D eigenvalue weighted by atomic mass is 9.80. The van der Waals surface area contributed by atoms with Crippen molar-refractivity contribution in [1.29, 1.82) is 0 Å². The average Bonchev–Trinajstić information content (AvgIpc) is 3.41. The molecule has 0 aromatic heterocycles. The molecule has 0 N–H and O–H groups in total. The minimum atomic E-state index is -1.75. The summed E-state index contributed by atoms with van der Waals surface area (Å²) in [5.41, 5.74) is -0.189. The lowest BCUT2D eigenvalue weighted by molar-refractivity contribution is -0.151. The molecule has 12 heteroatoms. The summed E-state index contributed by atoms with van der Waals surface area (Å²) in [6.45, 7) is 8.43. The Hall–Kier alpha value is -4.28. The molecule has 2 aliphatic heterocycles. The number of esters is 1. The zero-order valence-electron chi connectivity index (χ0n) is 27.0. The SMILES string of the molecule is CCOC(=O)[C@@]1(c2ccc(Cl)cc2)N=C(c2ccc(OC)cc2OC(C)C)N(C(=O)N2CCN(C(C)=O)CC2)[C@@H]1c1ccc(Cl)cc1. The first-order valence-electron chi connectivity index (χ1n) is 15.5. The highest BCUT2D eigenvalue weighted by Gasteiger charge is 2.60. The Kier molecular flexibility index (Phi) is 10.3. The summed E-state index contributed by atoms with van der Waals surface area (Å²) in [5.74, 6) is 0.478. The van der Waals surface area contributed by atoms with Gasteiger partial charge in [-0.1, -0.05) is 47.5 Å². The summed E-state index contributed by atoms with van der Waals surface area (Å²) in [6, 6.07) is 17.6. The molecule has 0 saturated carbocycles. The maximum atomic E-state index is 14.9. The molecule has 0 bridgehead atoms. The Morgan fingerprint density at radius 2 is 1.51 bits per heavy atom. The Labute approximate surface area is 284 Å². The van der Waals surface area contributed by atoms with Gasteiger partial charge >= 0.3 is 12.0 Å². The van der Waals surface area contributed by atoms with E-state index in [1.54, 1.807) is 95.5 Å². The minimum Gasteiger partial charge on any atom is -0.497 e. The van der Waals surface area contributed by atoms with Gasteiger partial charge in [-0.3, -0.25) is 9.69 Å². The van der Waals surface area contributed by atoms with Gasteiger partial charge in [0, 0.05) is 49.2 Å². The lowest BCUT2D eigenvalue weighted by Crippen LogP contribution is -2.56. The molecule has 0 radical (unpaired) electrons. The summed E-state index contributed by atoms with van der Waals surface area (Å²) in [6.07, 6.45) is -0.232. The van der Waals surface area contributed by atoms with Crippen LogP contribution in [0.5, 0.6) is 11.5 Å². The highest BCUT2D eigenvalue weighted by Crippen LogP contribution is 2.51. The van der Waals surface area contributed by atoms with E-state index in [1.807, 2.05) is 13.8 Å². The zero-order chi connectivity index (χ0) is 33.9. The van der Waals surface area contributed by atoms with Crippen LogP contribution in [-0.4, -0.2) is 84.4 Å². The number of carbonyl (C=O) groups is 3. The number of hydrogen-bond acceptors (Lipinski definition) is 7. The minimum absolute atomic E-state index is 0.0580. The second-order valence-electron chi connectivity index (χ2n) is 11.6. The third kappa shape index (κ3) is 6.75. The molecule has 2 heterocycles. The van der Waals surface area contributed by atoms with Crippen LogP contribution in [0.25, 0.3) is 0 Å². The van der Waals surface area contributed by atoms with Crippen LogP contribution < -0.4 is 9.47 Å². The van der Waals surface area contributed by atoms with E-state index in [0.29, 0.717) is 64.4 Å². The van der Waals surface area contributed by atoms with Crippen LogP contribution >= 0.6 is 23.2 Å². The molecule has 3 amide bonds. The van der Waals surface area contributed by atoms with E-state index in [4.69, 9.17) is 42.4 Å². The molecule has 3 aromatic carbocycles. The summed E-state index contributed by atoms with van der Waals surface area (Å²) in [7, 11) is 1.56. The molecule has 1 fully saturated rings. The van der Waals surface area contributed by atoms with Crippen molar-refractivity contribution in [1.82, 2.24) is 14.7 Å². The number of nitrogens with zero attached hydrogens (tertiary/aromatic N) is 4. The highest BCUT2D eigenvalue weighted by atomic mass is 35.5. The first-order valence-corrected chi connectivity index (χ1v) is 16.2. The summed E-state index contributed by atoms with van der Waals surface area (Å²) in [4.78, 5) is 51.6. The molecule has 3 aromatic rings. The molecule has 2 atom stereocenters. The van der Waals surface area contributed by atoms with E-state index in [-0.39, 0.29) is 24.5 Å². The van der Waals surface area contributed by atoms with E-state index < -0.39 is 23.6 Å². The van der Waals surface area contributed by atoms with Crippen LogP contribution in [0.15, 0.2) is 71.7 Å². The largest absolute Gasteiger partial charge is 0.497 e. The van der Waals surface area contributed by atoms with Gasteiger partial charge in [0.05, 0.1) is 25.4 Å². The number of hydrogen-bond donors (Lipinski definition) is 0. The molecule has 0 aliphatic carbocycles. The third-order valence-electron chi connectivity index (χ3n) is 8.22. The number of amidine groups is 1. The molecular formula is C35H38Cl2N4O6. The van der Waals surface area contributed by atoms with Crippen molar-refractivity contribution in [3.8, 4) is 11.5 Å². The highest BCUT2D eigenvalue weighted by molar-refractivity contribution is 6.30. The number of benzene rings is 3. The average molecular weight is 682 g/mol. The second kappa shape index (κ2) is 14.2. The van der Waals surface area contributed by atoms with Crippen molar-refractivity contribution in [2.45, 2.75) is 45.4 Å². The maximum absolute atomic E-state index is 14.9. The number of piperazine rings is 1. The van der Waals surface area contributed by atoms with Gasteiger partial charge in [-0.05, 0) is 68.3 Å². The van der Waals surface area contributed by atoms with Gasteiger partial charge in [0.15, 0.2) is 0 Å². The number of halogens is 2. The van der Waals surface area contributed by atoms with E-state index in [2.05, 4.69) is 0 Å². The number of rotatable bonds is 8. The zero-order valence-corrected chi connectivity index (χ0v) is 28.5. The van der Waals surface area contributed by atoms with Crippen molar-refractivity contribution >= 4 is 46.9 Å². The monoisotopic (exact) mass is 680 g/mol. The molecule has 5 rings (SSSR count). The smallest absolute Gasteiger partial charge is 0.341 e. The van der Waals surface area contributed by atoms with Crippen molar-refractivity contribution in [2.75, 3.05) is 39.9 Å². The number of carbonyl (C=O) groups excluding carboxylic acids is 3. The van der Waals surface area contributed by atoms with Crippen molar-refractivity contribution < 1.29 is 28.6 Å². The van der Waals surface area contributed by atoms with Gasteiger partial charge in [-0.2, -0.15) is 0 Å². The van der Waals surface area contributed by atoms with Crippen molar-refractivity contribution in [2.24, 2.45) is 4.99 Å². The van der Waals surface area contributed by atoms with Gasteiger partial charge in [0.1, 0.15) is 23.4 Å². The van der Waals surface area contributed by atoms with Crippen LogP contribution in [0.3, 0.4) is 0 Å². The fraction of sp³-hybridized carbons (Fsp3) is 0.371. The van der Waals surface area contributed by atoms with Crippen LogP contribution in [0.2, 0.25) is 10.0 Å². The van der Waals surface area contributed by atoms with E-state index >= 15 is 0 Å². The van der Waals surface area contributed by atoms with Gasteiger partial charge in [0.25, 0.3) is 0 Å². The van der Waals surface area contributed by atoms with Crippen LogP contribution in [0.4, 0.5) is 4.79 Å². The van der Waals surface area contributed by atoms with Crippen molar-refractivity contribution in [3.63, 3.8) is 0 Å². The fourth-order valence-corrected chi connectivity index (χ4v) is 6.24.